The molecule has 1 saturated carbocycles. The maximum Gasteiger partial charge on any atom is 0.264 e. The highest BCUT2D eigenvalue weighted by molar-refractivity contribution is 7.90. The molecule has 4 aliphatic rings. The number of sulfonamides is 1. The van der Waals surface area contributed by atoms with Gasteiger partial charge in [0.2, 0.25) is 10.0 Å². The van der Waals surface area contributed by atoms with Gasteiger partial charge in [-0.25, -0.2) is 13.1 Å². The molecule has 40 heavy (non-hydrogen) atoms. The van der Waals surface area contributed by atoms with E-state index in [2.05, 4.69) is 33.9 Å². The second-order valence-electron chi connectivity index (χ2n) is 12.5. The SMILES string of the molecule is C[C@@H]1[C@@H](C)C/C=C/C[C@@H]2CC[C@H]2CN2C[C@@]3(CCCc4cc(Cl)ccc43)COc3ccc(cc32)C(=O)NS1(=O)=O. The predicted octanol–water partition coefficient (Wildman–Crippen LogP) is 6.27. The van der Waals surface area contributed by atoms with Crippen molar-refractivity contribution in [2.45, 2.75) is 69.5 Å². The molecular formula is C32H39ClN2O4S. The van der Waals surface area contributed by atoms with Crippen LogP contribution in [0.3, 0.4) is 0 Å². The first kappa shape index (κ1) is 27.6. The molecule has 2 heterocycles. The van der Waals surface area contributed by atoms with Gasteiger partial charge in [-0.1, -0.05) is 36.7 Å². The topological polar surface area (TPSA) is 75.7 Å². The summed E-state index contributed by atoms with van der Waals surface area (Å²) in [5, 5.41) is 0.0733. The van der Waals surface area contributed by atoms with Crippen LogP contribution in [0.25, 0.3) is 0 Å². The summed E-state index contributed by atoms with van der Waals surface area (Å²) in [5.41, 5.74) is 3.62. The van der Waals surface area contributed by atoms with Crippen molar-refractivity contribution in [1.29, 1.82) is 0 Å². The van der Waals surface area contributed by atoms with Crippen molar-refractivity contribution in [2.75, 3.05) is 24.6 Å². The molecule has 0 unspecified atom stereocenters. The van der Waals surface area contributed by atoms with Gasteiger partial charge in [0, 0.05) is 29.1 Å². The number of rotatable bonds is 0. The largest absolute Gasteiger partial charge is 0.490 e. The summed E-state index contributed by atoms with van der Waals surface area (Å²) < 4.78 is 35.1. The molecule has 6 nitrogen and oxygen atoms in total. The molecule has 2 aromatic carbocycles. The molecule has 2 bridgehead atoms. The van der Waals surface area contributed by atoms with Gasteiger partial charge in [0.15, 0.2) is 0 Å². The highest BCUT2D eigenvalue weighted by Gasteiger charge is 2.43. The zero-order valence-electron chi connectivity index (χ0n) is 23.4. The van der Waals surface area contributed by atoms with Crippen LogP contribution in [0.2, 0.25) is 5.02 Å². The summed E-state index contributed by atoms with van der Waals surface area (Å²) in [5.74, 6) is 1.21. The quantitative estimate of drug-likeness (QED) is 0.370. The van der Waals surface area contributed by atoms with Crippen LogP contribution in [0.1, 0.15) is 73.9 Å². The minimum absolute atomic E-state index is 0.105. The zero-order valence-corrected chi connectivity index (χ0v) is 24.9. The number of fused-ring (bicyclic) bond motifs is 4. The van der Waals surface area contributed by atoms with E-state index >= 15 is 0 Å². The molecular weight excluding hydrogens is 544 g/mol. The number of benzene rings is 2. The van der Waals surface area contributed by atoms with Crippen LogP contribution in [-0.2, 0) is 21.9 Å². The third-order valence-corrected chi connectivity index (χ3v) is 12.1. The lowest BCUT2D eigenvalue weighted by molar-refractivity contribution is 0.0981. The van der Waals surface area contributed by atoms with E-state index < -0.39 is 21.2 Å². The lowest BCUT2D eigenvalue weighted by Crippen LogP contribution is -2.48. The summed E-state index contributed by atoms with van der Waals surface area (Å²) in [6.45, 7) is 5.83. The normalized spacial score (nSPS) is 32.5. The first-order valence-corrected chi connectivity index (χ1v) is 16.6. The molecule has 0 saturated heterocycles. The first-order chi connectivity index (χ1) is 19.1. The van der Waals surface area contributed by atoms with Crippen LogP contribution < -0.4 is 14.4 Å². The van der Waals surface area contributed by atoms with E-state index in [-0.39, 0.29) is 11.3 Å². The number of nitrogens with zero attached hydrogens (tertiary/aromatic N) is 1. The Bertz CT molecular complexity index is 1440. The smallest absolute Gasteiger partial charge is 0.264 e. The van der Waals surface area contributed by atoms with Gasteiger partial charge in [-0.05, 0) is 111 Å². The van der Waals surface area contributed by atoms with Gasteiger partial charge in [-0.15, -0.1) is 0 Å². The Morgan fingerprint density at radius 1 is 1.05 bits per heavy atom. The molecule has 214 valence electrons. The Morgan fingerprint density at radius 3 is 2.65 bits per heavy atom. The summed E-state index contributed by atoms with van der Waals surface area (Å²) in [4.78, 5) is 15.7. The van der Waals surface area contributed by atoms with E-state index in [9.17, 15) is 13.2 Å². The van der Waals surface area contributed by atoms with Gasteiger partial charge in [0.1, 0.15) is 5.75 Å². The van der Waals surface area contributed by atoms with Crippen molar-refractivity contribution >= 4 is 33.2 Å². The van der Waals surface area contributed by atoms with Crippen molar-refractivity contribution in [3.63, 3.8) is 0 Å². The Hall–Kier alpha value is -2.51. The number of aryl methyl sites for hydroxylation is 1. The molecule has 1 fully saturated rings. The zero-order chi connectivity index (χ0) is 28.1. The maximum atomic E-state index is 13.3. The van der Waals surface area contributed by atoms with Crippen LogP contribution in [0.4, 0.5) is 5.69 Å². The Balaban J connectivity index is 1.41. The van der Waals surface area contributed by atoms with Gasteiger partial charge >= 0.3 is 0 Å². The molecule has 1 amide bonds. The van der Waals surface area contributed by atoms with Gasteiger partial charge in [-0.2, -0.15) is 0 Å². The van der Waals surface area contributed by atoms with Crippen molar-refractivity contribution in [3.05, 3.63) is 70.3 Å². The van der Waals surface area contributed by atoms with Crippen LogP contribution in [0.5, 0.6) is 5.75 Å². The number of halogens is 1. The van der Waals surface area contributed by atoms with Crippen molar-refractivity contribution in [1.82, 2.24) is 4.72 Å². The fourth-order valence-electron chi connectivity index (χ4n) is 7.09. The molecule has 0 aromatic heterocycles. The number of carbonyl (C=O) groups is 1. The number of allylic oxidation sites excluding steroid dienone is 2. The highest BCUT2D eigenvalue weighted by Crippen LogP contribution is 2.46. The van der Waals surface area contributed by atoms with Crippen LogP contribution in [0.15, 0.2) is 48.6 Å². The van der Waals surface area contributed by atoms with E-state index in [4.69, 9.17) is 16.3 Å². The number of anilines is 1. The lowest BCUT2D eigenvalue weighted by Gasteiger charge is -2.44. The van der Waals surface area contributed by atoms with E-state index in [1.165, 1.54) is 24.0 Å². The average Bonchev–Trinajstić information content (AvgIpc) is 3.06. The number of nitrogens with one attached hydrogen (secondary N) is 1. The van der Waals surface area contributed by atoms with Crippen molar-refractivity contribution < 1.29 is 17.9 Å². The van der Waals surface area contributed by atoms with Gasteiger partial charge in [0.25, 0.3) is 5.91 Å². The van der Waals surface area contributed by atoms with Crippen LogP contribution in [-0.4, -0.2) is 39.3 Å². The summed E-state index contributed by atoms with van der Waals surface area (Å²) in [7, 11) is -3.83. The van der Waals surface area contributed by atoms with Crippen LogP contribution in [0, 0.1) is 17.8 Å². The Morgan fingerprint density at radius 2 is 1.85 bits per heavy atom. The second kappa shape index (κ2) is 10.7. The third kappa shape index (κ3) is 5.16. The fraction of sp³-hybridized carbons (Fsp3) is 0.531. The monoisotopic (exact) mass is 582 g/mol. The summed E-state index contributed by atoms with van der Waals surface area (Å²) in [6, 6.07) is 11.6. The van der Waals surface area contributed by atoms with Gasteiger partial charge in [-0.3, -0.25) is 4.79 Å². The fourth-order valence-corrected chi connectivity index (χ4v) is 8.57. The third-order valence-electron chi connectivity index (χ3n) is 9.97. The highest BCUT2D eigenvalue weighted by atomic mass is 35.5. The molecule has 8 heteroatoms. The molecule has 5 atom stereocenters. The minimum atomic E-state index is -3.83. The van der Waals surface area contributed by atoms with Gasteiger partial charge < -0.3 is 9.64 Å². The molecule has 2 aliphatic heterocycles. The van der Waals surface area contributed by atoms with E-state index in [0.29, 0.717) is 30.4 Å². The number of hydrogen-bond donors (Lipinski definition) is 1. The molecule has 2 aliphatic carbocycles. The summed E-state index contributed by atoms with van der Waals surface area (Å²) in [6.07, 6.45) is 11.5. The molecule has 0 radical (unpaired) electrons. The Labute approximate surface area is 243 Å². The standard InChI is InChI=1S/C32H39ClN2O4S/c1-21-6-3-4-7-23-9-10-26(23)18-35-19-32(15-5-8-24-16-27(33)12-13-28(24)32)20-39-30-14-11-25(17-29(30)35)31(36)34-40(37,38)22(21)2/h3-4,11-14,16-17,21-23,26H,5-10,15,18-20H2,1-2H3,(H,34,36)/b4-3+/t21-,22+,23+,26-,32-/m0/s1. The van der Waals surface area contributed by atoms with E-state index in [1.54, 1.807) is 13.0 Å². The molecule has 1 spiro atoms. The number of ether oxygens (including phenoxy) is 1. The summed E-state index contributed by atoms with van der Waals surface area (Å²) >= 11 is 6.39. The second-order valence-corrected chi connectivity index (χ2v) is 15.0. The lowest BCUT2D eigenvalue weighted by atomic mass is 9.69. The minimum Gasteiger partial charge on any atom is -0.490 e. The number of amides is 1. The van der Waals surface area contributed by atoms with E-state index in [1.807, 2.05) is 25.1 Å². The molecule has 2 aromatic rings. The van der Waals surface area contributed by atoms with Crippen molar-refractivity contribution in [2.24, 2.45) is 17.8 Å². The number of carbonyl (C=O) groups excluding carboxylic acids is 1. The van der Waals surface area contributed by atoms with Gasteiger partial charge in [0.05, 0.1) is 17.5 Å². The average molecular weight is 583 g/mol. The van der Waals surface area contributed by atoms with Crippen LogP contribution >= 0.6 is 11.6 Å². The molecule has 1 N–H and O–H groups in total. The van der Waals surface area contributed by atoms with E-state index in [0.717, 1.165) is 55.2 Å². The first-order valence-electron chi connectivity index (χ1n) is 14.7. The Kier molecular flexibility index (Phi) is 7.41. The predicted molar refractivity (Wildman–Crippen MR) is 160 cm³/mol. The number of hydrogen-bond acceptors (Lipinski definition) is 5. The molecule has 6 rings (SSSR count). The maximum absolute atomic E-state index is 13.3. The van der Waals surface area contributed by atoms with Crippen molar-refractivity contribution in [3.8, 4) is 5.75 Å².